The Hall–Kier alpha value is -0.0400. The van der Waals surface area contributed by atoms with Crippen molar-refractivity contribution in [2.24, 2.45) is 17.8 Å². The van der Waals surface area contributed by atoms with Gasteiger partial charge in [-0.25, -0.2) is 0 Å². The van der Waals surface area contributed by atoms with Crippen molar-refractivity contribution in [1.82, 2.24) is 0 Å². The molecule has 0 aliphatic heterocycles. The van der Waals surface area contributed by atoms with Gasteiger partial charge in [0.1, 0.15) is 0 Å². The Kier molecular flexibility index (Phi) is 7.30. The maximum atomic E-state index is 10.4. The largest absolute Gasteiger partial charge is 0.390 e. The summed E-state index contributed by atoms with van der Waals surface area (Å²) in [6.07, 6.45) is 5.50. The lowest BCUT2D eigenvalue weighted by atomic mass is 9.80. The van der Waals surface area contributed by atoms with Crippen LogP contribution in [-0.4, -0.2) is 10.7 Å². The molecule has 0 rings (SSSR count). The van der Waals surface area contributed by atoms with E-state index in [4.69, 9.17) is 0 Å². The zero-order chi connectivity index (χ0) is 12.8. The molecule has 0 heterocycles. The fourth-order valence-corrected chi connectivity index (χ4v) is 2.66. The first-order valence-electron chi connectivity index (χ1n) is 7.03. The summed E-state index contributed by atoms with van der Waals surface area (Å²) in [6, 6.07) is 0. The van der Waals surface area contributed by atoms with E-state index >= 15 is 0 Å². The van der Waals surface area contributed by atoms with E-state index in [1.807, 2.05) is 6.92 Å². The van der Waals surface area contributed by atoms with Gasteiger partial charge in [0.05, 0.1) is 5.60 Å². The summed E-state index contributed by atoms with van der Waals surface area (Å²) in [7, 11) is 0. The van der Waals surface area contributed by atoms with Crippen LogP contribution >= 0.6 is 0 Å². The van der Waals surface area contributed by atoms with Crippen LogP contribution in [0.15, 0.2) is 0 Å². The molecule has 0 aromatic rings. The number of aliphatic hydroxyl groups is 1. The lowest BCUT2D eigenvalue weighted by molar-refractivity contribution is 0.00848. The van der Waals surface area contributed by atoms with E-state index in [9.17, 15) is 5.11 Å². The maximum absolute atomic E-state index is 10.4. The molecule has 0 amide bonds. The van der Waals surface area contributed by atoms with Crippen LogP contribution in [0.25, 0.3) is 0 Å². The smallest absolute Gasteiger partial charge is 0.0625 e. The molecular formula is C15H32O. The molecule has 0 fully saturated rings. The van der Waals surface area contributed by atoms with Crippen LogP contribution in [0, 0.1) is 17.8 Å². The van der Waals surface area contributed by atoms with Crippen molar-refractivity contribution >= 4 is 0 Å². The second-order valence-electron chi connectivity index (χ2n) is 6.32. The van der Waals surface area contributed by atoms with Crippen LogP contribution in [0.5, 0.6) is 0 Å². The number of rotatable bonds is 8. The van der Waals surface area contributed by atoms with Gasteiger partial charge >= 0.3 is 0 Å². The molecule has 0 aromatic heterocycles. The molecule has 0 aliphatic carbocycles. The minimum atomic E-state index is -0.467. The zero-order valence-corrected chi connectivity index (χ0v) is 12.2. The topological polar surface area (TPSA) is 20.2 Å². The van der Waals surface area contributed by atoms with Gasteiger partial charge in [-0.2, -0.15) is 0 Å². The van der Waals surface area contributed by atoms with E-state index in [1.165, 1.54) is 12.8 Å². The Balaban J connectivity index is 4.19. The third kappa shape index (κ3) is 7.27. The highest BCUT2D eigenvalue weighted by atomic mass is 16.3. The molecule has 98 valence electrons. The Labute approximate surface area is 103 Å². The van der Waals surface area contributed by atoms with E-state index in [1.54, 1.807) is 0 Å². The SMILES string of the molecule is CC[C@H](C)CC(C)(O)C[C@@H](CC)CC(C)C. The average molecular weight is 228 g/mol. The van der Waals surface area contributed by atoms with Crippen molar-refractivity contribution < 1.29 is 5.11 Å². The van der Waals surface area contributed by atoms with Gasteiger partial charge in [-0.3, -0.25) is 0 Å². The first-order valence-corrected chi connectivity index (χ1v) is 7.03. The predicted molar refractivity (Wildman–Crippen MR) is 72.5 cm³/mol. The monoisotopic (exact) mass is 228 g/mol. The summed E-state index contributed by atoms with van der Waals surface area (Å²) in [6.45, 7) is 13.2. The van der Waals surface area contributed by atoms with Gasteiger partial charge < -0.3 is 5.11 Å². The van der Waals surface area contributed by atoms with Crippen LogP contribution < -0.4 is 0 Å². The quantitative estimate of drug-likeness (QED) is 0.642. The van der Waals surface area contributed by atoms with Crippen molar-refractivity contribution in [1.29, 1.82) is 0 Å². The fourth-order valence-electron chi connectivity index (χ4n) is 2.66. The standard InChI is InChI=1S/C15H32O/c1-7-13(5)10-15(6,16)11-14(8-2)9-12(3)4/h12-14,16H,7-11H2,1-6H3/t13-,14-,15?/m0/s1. The molecule has 3 atom stereocenters. The summed E-state index contributed by atoms with van der Waals surface area (Å²) in [5.74, 6) is 2.05. The molecule has 1 heteroatoms. The minimum Gasteiger partial charge on any atom is -0.390 e. The second kappa shape index (κ2) is 7.32. The third-order valence-electron chi connectivity index (χ3n) is 3.60. The normalized spacial score (nSPS) is 19.5. The molecule has 0 radical (unpaired) electrons. The maximum Gasteiger partial charge on any atom is 0.0625 e. The molecule has 0 saturated heterocycles. The molecule has 0 bridgehead atoms. The van der Waals surface area contributed by atoms with Crippen LogP contribution in [0.1, 0.15) is 73.6 Å². The van der Waals surface area contributed by atoms with Gasteiger partial charge in [-0.05, 0) is 43.9 Å². The van der Waals surface area contributed by atoms with Crippen molar-refractivity contribution in [2.45, 2.75) is 79.2 Å². The first kappa shape index (κ1) is 16.0. The number of hydrogen-bond acceptors (Lipinski definition) is 1. The van der Waals surface area contributed by atoms with Crippen molar-refractivity contribution in [3.05, 3.63) is 0 Å². The second-order valence-corrected chi connectivity index (χ2v) is 6.32. The number of hydrogen-bond donors (Lipinski definition) is 1. The Bertz CT molecular complexity index is 172. The molecule has 0 spiro atoms. The van der Waals surface area contributed by atoms with Crippen LogP contribution in [0.2, 0.25) is 0 Å². The van der Waals surface area contributed by atoms with Gasteiger partial charge in [0, 0.05) is 0 Å². The van der Waals surface area contributed by atoms with Crippen LogP contribution in [0.3, 0.4) is 0 Å². The first-order chi connectivity index (χ1) is 7.30. The van der Waals surface area contributed by atoms with Gasteiger partial charge in [-0.15, -0.1) is 0 Å². The molecular weight excluding hydrogens is 196 g/mol. The van der Waals surface area contributed by atoms with Crippen molar-refractivity contribution in [3.63, 3.8) is 0 Å². The Morgan fingerprint density at radius 2 is 1.56 bits per heavy atom. The van der Waals surface area contributed by atoms with Crippen molar-refractivity contribution in [3.8, 4) is 0 Å². The molecule has 0 aromatic carbocycles. The minimum absolute atomic E-state index is 0.467. The van der Waals surface area contributed by atoms with E-state index in [-0.39, 0.29) is 0 Å². The highest BCUT2D eigenvalue weighted by molar-refractivity contribution is 4.79. The lowest BCUT2D eigenvalue weighted by Gasteiger charge is -2.31. The highest BCUT2D eigenvalue weighted by Gasteiger charge is 2.26. The van der Waals surface area contributed by atoms with E-state index in [2.05, 4.69) is 34.6 Å². The molecule has 1 N–H and O–H groups in total. The molecule has 0 saturated carbocycles. The summed E-state index contributed by atoms with van der Waals surface area (Å²) in [5.41, 5.74) is -0.467. The van der Waals surface area contributed by atoms with Gasteiger partial charge in [0.25, 0.3) is 0 Å². The predicted octanol–water partition coefficient (Wildman–Crippen LogP) is 4.64. The summed E-state index contributed by atoms with van der Waals surface area (Å²) < 4.78 is 0. The van der Waals surface area contributed by atoms with E-state index < -0.39 is 5.60 Å². The highest BCUT2D eigenvalue weighted by Crippen LogP contribution is 2.30. The van der Waals surface area contributed by atoms with E-state index in [0.29, 0.717) is 11.8 Å². The Morgan fingerprint density at radius 1 is 1.00 bits per heavy atom. The van der Waals surface area contributed by atoms with Crippen LogP contribution in [-0.2, 0) is 0 Å². The average Bonchev–Trinajstić information content (AvgIpc) is 2.14. The lowest BCUT2D eigenvalue weighted by Crippen LogP contribution is -2.30. The molecule has 0 aliphatic rings. The van der Waals surface area contributed by atoms with Gasteiger partial charge in [0.2, 0.25) is 0 Å². The van der Waals surface area contributed by atoms with Gasteiger partial charge in [0.15, 0.2) is 0 Å². The van der Waals surface area contributed by atoms with Crippen molar-refractivity contribution in [2.75, 3.05) is 0 Å². The fraction of sp³-hybridized carbons (Fsp3) is 1.00. The van der Waals surface area contributed by atoms with Gasteiger partial charge in [-0.1, -0.05) is 47.5 Å². The summed E-state index contributed by atoms with van der Waals surface area (Å²) >= 11 is 0. The molecule has 1 unspecified atom stereocenters. The molecule has 16 heavy (non-hydrogen) atoms. The summed E-state index contributed by atoms with van der Waals surface area (Å²) in [5, 5.41) is 10.4. The Morgan fingerprint density at radius 3 is 1.94 bits per heavy atom. The summed E-state index contributed by atoms with van der Waals surface area (Å²) in [4.78, 5) is 0. The van der Waals surface area contributed by atoms with Crippen LogP contribution in [0.4, 0.5) is 0 Å². The van der Waals surface area contributed by atoms with E-state index in [0.717, 1.165) is 25.2 Å². The zero-order valence-electron chi connectivity index (χ0n) is 12.2. The third-order valence-corrected chi connectivity index (χ3v) is 3.60. The molecule has 1 nitrogen and oxygen atoms in total.